The SMILES string of the molecule is CCCN1C[C@@H](N(Cc2cc(F)ccc2F)c2ccc(C#N)c(Cl)c2)CCO1. The number of benzene rings is 2. The van der Waals surface area contributed by atoms with Crippen LogP contribution in [-0.4, -0.2) is 30.8 Å². The molecule has 1 aliphatic heterocycles. The van der Waals surface area contributed by atoms with Crippen LogP contribution in [0.4, 0.5) is 14.5 Å². The Morgan fingerprint density at radius 3 is 2.82 bits per heavy atom. The van der Waals surface area contributed by atoms with E-state index < -0.39 is 11.6 Å². The van der Waals surface area contributed by atoms with Crippen LogP contribution in [0, 0.1) is 23.0 Å². The summed E-state index contributed by atoms with van der Waals surface area (Å²) in [6.45, 7) is 4.26. The van der Waals surface area contributed by atoms with Gasteiger partial charge in [0.15, 0.2) is 0 Å². The topological polar surface area (TPSA) is 39.5 Å². The van der Waals surface area contributed by atoms with Crippen molar-refractivity contribution in [3.63, 3.8) is 0 Å². The van der Waals surface area contributed by atoms with E-state index in [9.17, 15) is 8.78 Å². The highest BCUT2D eigenvalue weighted by atomic mass is 35.5. The fourth-order valence-corrected chi connectivity index (χ4v) is 3.63. The lowest BCUT2D eigenvalue weighted by Gasteiger charge is -2.40. The normalized spacial score (nSPS) is 17.3. The summed E-state index contributed by atoms with van der Waals surface area (Å²) in [5.74, 6) is -0.933. The van der Waals surface area contributed by atoms with Crippen LogP contribution in [-0.2, 0) is 11.4 Å². The summed E-state index contributed by atoms with van der Waals surface area (Å²) in [6.07, 6.45) is 1.70. The van der Waals surface area contributed by atoms with Gasteiger partial charge in [-0.2, -0.15) is 10.3 Å². The minimum absolute atomic E-state index is 0.0342. The summed E-state index contributed by atoms with van der Waals surface area (Å²) in [6, 6.07) is 10.7. The zero-order valence-electron chi connectivity index (χ0n) is 15.7. The zero-order valence-corrected chi connectivity index (χ0v) is 16.4. The van der Waals surface area contributed by atoms with Crippen LogP contribution in [0.2, 0.25) is 5.02 Å². The van der Waals surface area contributed by atoms with Crippen LogP contribution in [0.15, 0.2) is 36.4 Å². The molecule has 148 valence electrons. The Morgan fingerprint density at radius 2 is 2.11 bits per heavy atom. The third kappa shape index (κ3) is 4.79. The molecular formula is C21H22ClF2N3O. The number of hydroxylamine groups is 2. The van der Waals surface area contributed by atoms with Crippen molar-refractivity contribution in [1.29, 1.82) is 5.26 Å². The van der Waals surface area contributed by atoms with Gasteiger partial charge >= 0.3 is 0 Å². The first-order valence-corrected chi connectivity index (χ1v) is 9.67. The number of hydrogen-bond donors (Lipinski definition) is 0. The van der Waals surface area contributed by atoms with Crippen LogP contribution in [0.1, 0.15) is 30.9 Å². The van der Waals surface area contributed by atoms with E-state index in [-0.39, 0.29) is 18.2 Å². The van der Waals surface area contributed by atoms with E-state index in [1.54, 1.807) is 18.2 Å². The van der Waals surface area contributed by atoms with Gasteiger partial charge in [0, 0.05) is 36.9 Å². The highest BCUT2D eigenvalue weighted by Gasteiger charge is 2.27. The first-order valence-electron chi connectivity index (χ1n) is 9.30. The van der Waals surface area contributed by atoms with Crippen molar-refractivity contribution in [1.82, 2.24) is 5.06 Å². The molecule has 0 bridgehead atoms. The number of nitrogens with zero attached hydrogens (tertiary/aromatic N) is 3. The quantitative estimate of drug-likeness (QED) is 0.684. The maximum absolute atomic E-state index is 14.3. The fraction of sp³-hybridized carbons (Fsp3) is 0.381. The summed E-state index contributed by atoms with van der Waals surface area (Å²) in [5, 5.41) is 11.4. The highest BCUT2D eigenvalue weighted by Crippen LogP contribution is 2.29. The Kier molecular flexibility index (Phi) is 6.84. The molecule has 3 rings (SSSR count). The van der Waals surface area contributed by atoms with Crippen molar-refractivity contribution >= 4 is 17.3 Å². The van der Waals surface area contributed by atoms with E-state index in [1.807, 2.05) is 16.0 Å². The molecule has 1 aliphatic rings. The Bertz CT molecular complexity index is 869. The van der Waals surface area contributed by atoms with Crippen LogP contribution in [0.25, 0.3) is 0 Å². The van der Waals surface area contributed by atoms with Crippen molar-refractivity contribution < 1.29 is 13.6 Å². The highest BCUT2D eigenvalue weighted by molar-refractivity contribution is 6.32. The van der Waals surface area contributed by atoms with Gasteiger partial charge in [-0.1, -0.05) is 18.5 Å². The second-order valence-corrected chi connectivity index (χ2v) is 7.21. The number of hydrogen-bond acceptors (Lipinski definition) is 4. The molecule has 0 saturated carbocycles. The van der Waals surface area contributed by atoms with E-state index >= 15 is 0 Å². The van der Waals surface area contributed by atoms with E-state index in [0.29, 0.717) is 23.7 Å². The summed E-state index contributed by atoms with van der Waals surface area (Å²) in [5.41, 5.74) is 1.41. The smallest absolute Gasteiger partial charge is 0.128 e. The van der Waals surface area contributed by atoms with Gasteiger partial charge in [-0.15, -0.1) is 0 Å². The van der Waals surface area contributed by atoms with Crippen LogP contribution < -0.4 is 4.90 Å². The van der Waals surface area contributed by atoms with E-state index in [4.69, 9.17) is 21.7 Å². The van der Waals surface area contributed by atoms with Gasteiger partial charge in [0.25, 0.3) is 0 Å². The number of rotatable bonds is 6. The van der Waals surface area contributed by atoms with E-state index in [1.165, 1.54) is 6.07 Å². The lowest BCUT2D eigenvalue weighted by Crippen LogP contribution is -2.48. The van der Waals surface area contributed by atoms with Gasteiger partial charge in [-0.3, -0.25) is 4.84 Å². The lowest BCUT2D eigenvalue weighted by molar-refractivity contribution is -0.185. The summed E-state index contributed by atoms with van der Waals surface area (Å²) in [4.78, 5) is 7.70. The Labute approximate surface area is 168 Å². The van der Waals surface area contributed by atoms with Crippen LogP contribution in [0.3, 0.4) is 0 Å². The van der Waals surface area contributed by atoms with Crippen molar-refractivity contribution in [3.8, 4) is 6.07 Å². The van der Waals surface area contributed by atoms with Gasteiger partial charge in [0.2, 0.25) is 0 Å². The van der Waals surface area contributed by atoms with Gasteiger partial charge in [-0.05, 0) is 49.2 Å². The maximum atomic E-state index is 14.3. The molecule has 1 heterocycles. The molecule has 28 heavy (non-hydrogen) atoms. The minimum atomic E-state index is -0.478. The van der Waals surface area contributed by atoms with Gasteiger partial charge in [0.05, 0.1) is 17.2 Å². The molecule has 2 aromatic carbocycles. The van der Waals surface area contributed by atoms with Gasteiger partial charge < -0.3 is 4.90 Å². The Balaban J connectivity index is 1.95. The molecule has 0 aromatic heterocycles. The molecule has 1 fully saturated rings. The minimum Gasteiger partial charge on any atom is -0.363 e. The molecular weight excluding hydrogens is 384 g/mol. The molecule has 1 atom stereocenters. The summed E-state index contributed by atoms with van der Waals surface area (Å²) < 4.78 is 28.0. The van der Waals surface area contributed by atoms with E-state index in [0.717, 1.165) is 37.2 Å². The first kappa shape index (κ1) is 20.5. The fourth-order valence-electron chi connectivity index (χ4n) is 3.41. The average Bonchev–Trinajstić information content (AvgIpc) is 2.69. The predicted octanol–water partition coefficient (Wildman–Crippen LogP) is 4.91. The molecule has 0 aliphatic carbocycles. The standard InChI is InChI=1S/C21H22ClF2N3O/c1-2-8-26-14-19(7-9-28-26)27(13-16-10-17(23)4-6-21(16)24)18-5-3-15(12-25)20(22)11-18/h3-6,10-11,19H,2,7-9,13-14H2,1H3/t19-/m0/s1. The zero-order chi connectivity index (χ0) is 20.1. The molecule has 2 aromatic rings. The van der Waals surface area contributed by atoms with Crippen molar-refractivity contribution in [2.24, 2.45) is 0 Å². The third-order valence-corrected chi connectivity index (χ3v) is 5.12. The van der Waals surface area contributed by atoms with Crippen LogP contribution in [0.5, 0.6) is 0 Å². The molecule has 7 heteroatoms. The Morgan fingerprint density at radius 1 is 1.29 bits per heavy atom. The Hall–Kier alpha value is -2.20. The molecule has 1 saturated heterocycles. The average molecular weight is 406 g/mol. The maximum Gasteiger partial charge on any atom is 0.128 e. The first-order chi connectivity index (χ1) is 13.5. The molecule has 0 spiro atoms. The van der Waals surface area contributed by atoms with Crippen molar-refractivity contribution in [3.05, 3.63) is 64.2 Å². The molecule has 0 radical (unpaired) electrons. The second-order valence-electron chi connectivity index (χ2n) is 6.80. The monoisotopic (exact) mass is 405 g/mol. The van der Waals surface area contributed by atoms with E-state index in [2.05, 4.69) is 6.92 Å². The number of halogens is 3. The predicted molar refractivity (Wildman–Crippen MR) is 105 cm³/mol. The number of anilines is 1. The largest absolute Gasteiger partial charge is 0.363 e. The van der Waals surface area contributed by atoms with Gasteiger partial charge in [0.1, 0.15) is 17.7 Å². The molecule has 0 amide bonds. The molecule has 4 nitrogen and oxygen atoms in total. The number of nitriles is 1. The van der Waals surface area contributed by atoms with Crippen molar-refractivity contribution in [2.45, 2.75) is 32.4 Å². The van der Waals surface area contributed by atoms with Gasteiger partial charge in [-0.25, -0.2) is 8.78 Å². The van der Waals surface area contributed by atoms with Crippen molar-refractivity contribution in [2.75, 3.05) is 24.6 Å². The summed E-state index contributed by atoms with van der Waals surface area (Å²) in [7, 11) is 0. The summed E-state index contributed by atoms with van der Waals surface area (Å²) >= 11 is 6.23. The molecule has 0 N–H and O–H groups in total. The third-order valence-electron chi connectivity index (χ3n) is 4.81. The second kappa shape index (κ2) is 9.33. The lowest BCUT2D eigenvalue weighted by atomic mass is 10.1. The van der Waals surface area contributed by atoms with Crippen LogP contribution >= 0.6 is 11.6 Å². The molecule has 0 unspecified atom stereocenters.